The lowest BCUT2D eigenvalue weighted by atomic mass is 9.82. The van der Waals surface area contributed by atoms with E-state index in [1.54, 1.807) is 42.5 Å². The number of oxazole rings is 1. The van der Waals surface area contributed by atoms with E-state index in [1.165, 1.54) is 0 Å². The first kappa shape index (κ1) is 28.3. The summed E-state index contributed by atoms with van der Waals surface area (Å²) in [6.45, 7) is -0.613. The Balaban J connectivity index is 1.36. The number of nitrogens with zero attached hydrogens (tertiary/aromatic N) is 3. The number of nitriles is 1. The Bertz CT molecular complexity index is 1490. The maximum atomic E-state index is 13.9. The Kier molecular flexibility index (Phi) is 7.59. The summed E-state index contributed by atoms with van der Waals surface area (Å²) < 4.78 is 72.8. The second-order valence-corrected chi connectivity index (χ2v) is 10.5. The molecule has 2 aliphatic rings. The van der Waals surface area contributed by atoms with E-state index in [9.17, 15) is 31.5 Å². The van der Waals surface area contributed by atoms with Gasteiger partial charge >= 0.3 is 12.2 Å². The van der Waals surface area contributed by atoms with Crippen LogP contribution in [0.1, 0.15) is 54.3 Å². The van der Waals surface area contributed by atoms with Gasteiger partial charge in [0.25, 0.3) is 0 Å². The molecule has 5 rings (SSSR count). The molecule has 216 valence electrons. The maximum Gasteiger partial charge on any atom is 0.410 e. The van der Waals surface area contributed by atoms with E-state index in [4.69, 9.17) is 9.68 Å². The molecule has 0 radical (unpaired) electrons. The fraction of sp³-hybridized carbons (Fsp3) is 0.429. The molecule has 1 aromatic heterocycles. The van der Waals surface area contributed by atoms with Crippen molar-refractivity contribution < 1.29 is 36.0 Å². The van der Waals surface area contributed by atoms with Gasteiger partial charge in [-0.3, -0.25) is 4.79 Å². The number of amides is 3. The third-order valence-electron chi connectivity index (χ3n) is 7.46. The Morgan fingerprint density at radius 3 is 2.63 bits per heavy atom. The molecule has 8 nitrogen and oxygen atoms in total. The second kappa shape index (κ2) is 11.0. The number of aromatic nitrogens is 1. The van der Waals surface area contributed by atoms with Crippen molar-refractivity contribution in [3.05, 3.63) is 65.0 Å². The standard InChI is InChI=1S/C28H26F5N5O3/c29-27(30)8-6-19(7-9-27)24(37-23(39)12-16-2-1-3-17(10-16)13-34)25-35-20-11-18(4-5-21(20)41-25)14-38-15-22(28(31,32)33)36-26(38)40/h1-5,10-11,19,22,24H,6-9,12,14-15H2,(H,36,40)(H,37,39). The van der Waals surface area contributed by atoms with Gasteiger partial charge in [-0.1, -0.05) is 18.2 Å². The first-order valence-corrected chi connectivity index (χ1v) is 13.1. The molecule has 2 atom stereocenters. The third kappa shape index (κ3) is 6.58. The quantitative estimate of drug-likeness (QED) is 0.368. The van der Waals surface area contributed by atoms with Crippen LogP contribution < -0.4 is 10.6 Å². The second-order valence-electron chi connectivity index (χ2n) is 10.5. The SMILES string of the molecule is N#Cc1cccc(CC(=O)NC(c2nc3cc(CN4CC(C(F)(F)F)NC4=O)ccc3o2)C2CCC(F)(F)CC2)c1. The number of benzene rings is 2. The lowest BCUT2D eigenvalue weighted by Gasteiger charge is -2.32. The summed E-state index contributed by atoms with van der Waals surface area (Å²) in [4.78, 5) is 30.6. The molecule has 1 aliphatic heterocycles. The molecule has 3 amide bonds. The molecular weight excluding hydrogens is 549 g/mol. The summed E-state index contributed by atoms with van der Waals surface area (Å²) in [5.41, 5.74) is 2.22. The minimum atomic E-state index is -4.56. The Morgan fingerprint density at radius 2 is 1.95 bits per heavy atom. The van der Waals surface area contributed by atoms with Gasteiger partial charge < -0.3 is 20.0 Å². The number of carbonyl (C=O) groups is 2. The van der Waals surface area contributed by atoms with E-state index in [0.29, 0.717) is 27.8 Å². The van der Waals surface area contributed by atoms with Gasteiger partial charge in [-0.25, -0.2) is 18.6 Å². The van der Waals surface area contributed by atoms with Gasteiger partial charge in [-0.15, -0.1) is 0 Å². The molecule has 41 heavy (non-hydrogen) atoms. The Hall–Kier alpha value is -4.21. The number of urea groups is 1. The number of rotatable bonds is 7. The van der Waals surface area contributed by atoms with Crippen LogP contribution in [0, 0.1) is 17.2 Å². The molecule has 2 fully saturated rings. The molecule has 1 aliphatic carbocycles. The van der Waals surface area contributed by atoms with Crippen LogP contribution in [0.15, 0.2) is 46.9 Å². The molecule has 1 saturated heterocycles. The monoisotopic (exact) mass is 575 g/mol. The first-order valence-electron chi connectivity index (χ1n) is 13.1. The molecule has 2 heterocycles. The Labute approximate surface area is 231 Å². The number of hydrogen-bond acceptors (Lipinski definition) is 5. The molecule has 1 saturated carbocycles. The van der Waals surface area contributed by atoms with Crippen molar-refractivity contribution in [2.24, 2.45) is 5.92 Å². The van der Waals surface area contributed by atoms with Gasteiger partial charge in [-0.2, -0.15) is 18.4 Å². The van der Waals surface area contributed by atoms with Gasteiger partial charge in [-0.05, 0) is 54.2 Å². The topological polar surface area (TPSA) is 111 Å². The van der Waals surface area contributed by atoms with Crippen LogP contribution in [0.3, 0.4) is 0 Å². The van der Waals surface area contributed by atoms with Crippen LogP contribution in [0.2, 0.25) is 0 Å². The van der Waals surface area contributed by atoms with Crippen molar-refractivity contribution in [1.29, 1.82) is 5.26 Å². The van der Waals surface area contributed by atoms with Gasteiger partial charge in [0.05, 0.1) is 24.6 Å². The van der Waals surface area contributed by atoms with Gasteiger partial charge in [0.1, 0.15) is 17.6 Å². The number of halogens is 5. The van der Waals surface area contributed by atoms with E-state index in [1.807, 2.05) is 11.4 Å². The number of alkyl halides is 5. The summed E-state index contributed by atoms with van der Waals surface area (Å²) >= 11 is 0. The van der Waals surface area contributed by atoms with E-state index in [2.05, 4.69) is 10.3 Å². The average Bonchev–Trinajstić information content (AvgIpc) is 3.50. The van der Waals surface area contributed by atoms with E-state index < -0.39 is 42.7 Å². The van der Waals surface area contributed by atoms with Crippen LogP contribution in [-0.2, 0) is 17.8 Å². The minimum absolute atomic E-state index is 0.0455. The molecule has 2 unspecified atom stereocenters. The zero-order valence-electron chi connectivity index (χ0n) is 21.7. The minimum Gasteiger partial charge on any atom is -0.438 e. The summed E-state index contributed by atoms with van der Waals surface area (Å²) in [5.74, 6) is -3.43. The molecule has 3 aromatic rings. The van der Waals surface area contributed by atoms with Crippen LogP contribution in [0.5, 0.6) is 0 Å². The number of nitrogens with one attached hydrogen (secondary N) is 2. The number of fused-ring (bicyclic) bond motifs is 1. The molecule has 2 N–H and O–H groups in total. The van der Waals surface area contributed by atoms with Crippen molar-refractivity contribution in [2.45, 2.75) is 62.8 Å². The average molecular weight is 576 g/mol. The summed E-state index contributed by atoms with van der Waals surface area (Å²) in [6, 6.07) is 9.76. The third-order valence-corrected chi connectivity index (χ3v) is 7.46. The molecule has 0 spiro atoms. The predicted molar refractivity (Wildman–Crippen MR) is 135 cm³/mol. The first-order chi connectivity index (χ1) is 19.4. The number of hydrogen-bond donors (Lipinski definition) is 2. The molecule has 0 bridgehead atoms. The van der Waals surface area contributed by atoms with Gasteiger partial charge in [0.2, 0.25) is 17.7 Å². The van der Waals surface area contributed by atoms with Crippen molar-refractivity contribution >= 4 is 23.0 Å². The van der Waals surface area contributed by atoms with Crippen molar-refractivity contribution in [3.8, 4) is 6.07 Å². The lowest BCUT2D eigenvalue weighted by molar-refractivity contribution is -0.149. The van der Waals surface area contributed by atoms with Crippen molar-refractivity contribution in [1.82, 2.24) is 20.5 Å². The van der Waals surface area contributed by atoms with Crippen LogP contribution in [0.25, 0.3) is 11.1 Å². The maximum absolute atomic E-state index is 13.9. The highest BCUT2D eigenvalue weighted by atomic mass is 19.4. The molecule has 13 heteroatoms. The fourth-order valence-electron chi connectivity index (χ4n) is 5.29. The smallest absolute Gasteiger partial charge is 0.410 e. The highest BCUT2D eigenvalue weighted by molar-refractivity contribution is 5.80. The van der Waals surface area contributed by atoms with Crippen LogP contribution in [0.4, 0.5) is 26.7 Å². The molecular formula is C28H26F5N5O3. The largest absolute Gasteiger partial charge is 0.438 e. The van der Waals surface area contributed by atoms with E-state index in [0.717, 1.165) is 4.90 Å². The van der Waals surface area contributed by atoms with E-state index >= 15 is 0 Å². The predicted octanol–water partition coefficient (Wildman–Crippen LogP) is 5.38. The van der Waals surface area contributed by atoms with Crippen LogP contribution in [-0.4, -0.2) is 46.5 Å². The van der Waals surface area contributed by atoms with Crippen molar-refractivity contribution in [2.75, 3.05) is 6.54 Å². The summed E-state index contributed by atoms with van der Waals surface area (Å²) in [6.07, 6.45) is -5.01. The summed E-state index contributed by atoms with van der Waals surface area (Å²) in [7, 11) is 0. The lowest BCUT2D eigenvalue weighted by Crippen LogP contribution is -2.40. The van der Waals surface area contributed by atoms with Crippen molar-refractivity contribution in [3.63, 3.8) is 0 Å². The highest BCUT2D eigenvalue weighted by Gasteiger charge is 2.46. The highest BCUT2D eigenvalue weighted by Crippen LogP contribution is 2.42. The Morgan fingerprint density at radius 1 is 1.20 bits per heavy atom. The molecule has 2 aromatic carbocycles. The van der Waals surface area contributed by atoms with Gasteiger partial charge in [0, 0.05) is 19.4 Å². The fourth-order valence-corrected chi connectivity index (χ4v) is 5.29. The van der Waals surface area contributed by atoms with Gasteiger partial charge in [0.15, 0.2) is 5.58 Å². The van der Waals surface area contributed by atoms with Crippen LogP contribution >= 0.6 is 0 Å². The van der Waals surface area contributed by atoms with E-state index in [-0.39, 0.29) is 50.5 Å². The number of carbonyl (C=O) groups excluding carboxylic acids is 2. The normalized spacial score (nSPS) is 20.0. The zero-order valence-corrected chi connectivity index (χ0v) is 21.7. The summed E-state index contributed by atoms with van der Waals surface area (Å²) in [5, 5.41) is 13.9. The zero-order chi connectivity index (χ0) is 29.4.